The van der Waals surface area contributed by atoms with E-state index in [0.29, 0.717) is 39.7 Å². The number of aryl methyl sites for hydroxylation is 1. The first-order valence-electron chi connectivity index (χ1n) is 18.4. The maximum Gasteiger partial charge on any atom is 0.425 e. The van der Waals surface area contributed by atoms with Crippen LogP contribution in [0.1, 0.15) is 89.2 Å². The molecule has 0 fully saturated rings. The van der Waals surface area contributed by atoms with E-state index >= 15 is 0 Å². The van der Waals surface area contributed by atoms with Crippen molar-refractivity contribution in [3.63, 3.8) is 0 Å². The highest BCUT2D eigenvalue weighted by Gasteiger charge is 2.34. The van der Waals surface area contributed by atoms with Crippen molar-refractivity contribution < 1.29 is 48.0 Å². The summed E-state index contributed by atoms with van der Waals surface area (Å²) >= 11 is 0. The molecule has 0 aliphatic carbocycles. The minimum Gasteiger partial charge on any atom is -0.479 e. The lowest BCUT2D eigenvalue weighted by molar-refractivity contribution is -0.143. The fourth-order valence-electron chi connectivity index (χ4n) is 5.70. The molecule has 1 aromatic heterocycles. The number of fused-ring (bicyclic) bond motifs is 1. The van der Waals surface area contributed by atoms with Gasteiger partial charge < -0.3 is 35.1 Å². The van der Waals surface area contributed by atoms with E-state index in [1.807, 2.05) is 6.92 Å². The minimum atomic E-state index is -1.14. The molecule has 4 rings (SSSR count). The Kier molecular flexibility index (Phi) is 14.2. The molecule has 5 N–H and O–H groups in total. The van der Waals surface area contributed by atoms with Crippen molar-refractivity contribution in [3.8, 4) is 0 Å². The number of anilines is 3. The number of pyridine rings is 1. The van der Waals surface area contributed by atoms with Gasteiger partial charge in [0.15, 0.2) is 11.9 Å². The van der Waals surface area contributed by atoms with Crippen LogP contribution >= 0.6 is 0 Å². The van der Waals surface area contributed by atoms with E-state index in [9.17, 15) is 29.1 Å². The average Bonchev–Trinajstić information content (AvgIpc) is 3.10. The first kappa shape index (κ1) is 43.5. The molecule has 0 aliphatic rings. The van der Waals surface area contributed by atoms with Crippen molar-refractivity contribution in [2.24, 2.45) is 5.73 Å². The zero-order valence-electron chi connectivity index (χ0n) is 33.5. The number of aromatic nitrogens is 1. The molecule has 0 radical (unpaired) electrons. The van der Waals surface area contributed by atoms with Crippen LogP contribution in [0.3, 0.4) is 0 Å². The number of nitrogens with zero attached hydrogens (tertiary/aromatic N) is 2. The summed E-state index contributed by atoms with van der Waals surface area (Å²) in [6, 6.07) is 16.9. The number of carboxylic acids is 1. The van der Waals surface area contributed by atoms with E-state index < -0.39 is 53.5 Å². The maximum absolute atomic E-state index is 13.3. The number of hydrogen-bond acceptors (Lipinski definition) is 12. The molecule has 1 unspecified atom stereocenters. The van der Waals surface area contributed by atoms with Crippen molar-refractivity contribution in [3.05, 3.63) is 95.2 Å². The van der Waals surface area contributed by atoms with Crippen LogP contribution < -0.4 is 21.3 Å². The fourth-order valence-corrected chi connectivity index (χ4v) is 5.70. The molecule has 0 saturated heterocycles. The normalized spacial score (nSPS) is 12.5. The Hall–Kier alpha value is -6.22. The quantitative estimate of drug-likeness (QED) is 0.0745. The highest BCUT2D eigenvalue weighted by molar-refractivity contribution is 6.14. The lowest BCUT2D eigenvalue weighted by Gasteiger charge is -2.28. The number of nitrogens with two attached hydrogens (primary N) is 1. The van der Waals surface area contributed by atoms with Crippen LogP contribution in [0.15, 0.2) is 72.9 Å². The smallest absolute Gasteiger partial charge is 0.425 e. The number of nitrogens with one attached hydrogen (secondary N) is 2. The number of carbonyl (C=O) groups is 5. The molecule has 2 atom stereocenters. The number of carboxylic acid groups (broad SMARTS) is 1. The SMILES string of the molecule is CCOC(=O)C[C@@H](N)c1cccc(NC(=O)OCCc2ccc(C(Nc3ccc4c(N(C(=O)OC(C)(C)C)C(=O)OC(C)(C)C)nccc4c3)C(=O)O)cc2C)c1. The van der Waals surface area contributed by atoms with E-state index in [1.165, 1.54) is 6.20 Å². The minimum absolute atomic E-state index is 0.00167. The standard InChI is InChI=1S/C42H51N5O10/c1-9-54-34(48)24-33(43)28-11-10-12-30(23-28)46-38(51)55-20-18-26-13-14-29(21-25(26)2)35(37(49)50)45-31-15-16-32-27(22-31)17-19-44-36(32)47(39(52)56-41(3,4)5)40(53)57-42(6,7)8/h10-17,19,21-23,33,35,45H,9,18,20,24,43H2,1-8H3,(H,46,51)(H,49,50)/t33-,35?/m1/s1. The first-order valence-corrected chi connectivity index (χ1v) is 18.4. The Morgan fingerprint density at radius 1 is 0.842 bits per heavy atom. The van der Waals surface area contributed by atoms with Gasteiger partial charge in [0, 0.05) is 35.4 Å². The average molecular weight is 786 g/mol. The summed E-state index contributed by atoms with van der Waals surface area (Å²) in [5.41, 5.74) is 8.02. The van der Waals surface area contributed by atoms with Crippen molar-refractivity contribution in [1.29, 1.82) is 0 Å². The number of imide groups is 1. The van der Waals surface area contributed by atoms with Crippen molar-refractivity contribution in [1.82, 2.24) is 4.98 Å². The van der Waals surface area contributed by atoms with Crippen LogP contribution in [0, 0.1) is 6.92 Å². The molecule has 304 valence electrons. The van der Waals surface area contributed by atoms with Crippen LogP contribution in [0.4, 0.5) is 31.6 Å². The maximum atomic E-state index is 13.3. The van der Waals surface area contributed by atoms with E-state index in [2.05, 4.69) is 15.6 Å². The summed E-state index contributed by atoms with van der Waals surface area (Å²) in [5.74, 6) is -1.54. The van der Waals surface area contributed by atoms with Gasteiger partial charge in [-0.3, -0.25) is 10.1 Å². The molecule has 4 aromatic rings. The van der Waals surface area contributed by atoms with Gasteiger partial charge in [0.25, 0.3) is 0 Å². The third-order valence-electron chi connectivity index (χ3n) is 8.22. The molecule has 57 heavy (non-hydrogen) atoms. The summed E-state index contributed by atoms with van der Waals surface area (Å²) in [6.07, 6.45) is -0.791. The van der Waals surface area contributed by atoms with Gasteiger partial charge in [-0.2, -0.15) is 4.90 Å². The Morgan fingerprint density at radius 2 is 1.53 bits per heavy atom. The van der Waals surface area contributed by atoms with Crippen molar-refractivity contribution in [2.75, 3.05) is 28.7 Å². The molecule has 1 heterocycles. The van der Waals surface area contributed by atoms with Gasteiger partial charge >= 0.3 is 30.2 Å². The van der Waals surface area contributed by atoms with Crippen molar-refractivity contribution >= 4 is 58.2 Å². The van der Waals surface area contributed by atoms with E-state index in [1.54, 1.807) is 115 Å². The molecule has 15 nitrogen and oxygen atoms in total. The Labute approximate surface area is 331 Å². The van der Waals surface area contributed by atoms with Crippen LogP contribution in [0.25, 0.3) is 10.8 Å². The number of ether oxygens (including phenoxy) is 4. The molecule has 0 aliphatic heterocycles. The summed E-state index contributed by atoms with van der Waals surface area (Å²) in [5, 5.41) is 17.0. The molecule has 3 amide bonds. The van der Waals surface area contributed by atoms with Crippen LogP contribution in [0.2, 0.25) is 0 Å². The second-order valence-corrected chi connectivity index (χ2v) is 15.2. The Bertz CT molecular complexity index is 2080. The van der Waals surface area contributed by atoms with Crippen LogP contribution in [-0.2, 0) is 35.0 Å². The highest BCUT2D eigenvalue weighted by Crippen LogP contribution is 2.31. The van der Waals surface area contributed by atoms with Crippen LogP contribution in [-0.4, -0.2) is 64.7 Å². The first-order chi connectivity index (χ1) is 26.7. The summed E-state index contributed by atoms with van der Waals surface area (Å²) in [4.78, 5) is 68.6. The fraction of sp³-hybridized carbons (Fsp3) is 0.381. The molecule has 0 saturated carbocycles. The number of rotatable bonds is 13. The second-order valence-electron chi connectivity index (χ2n) is 15.2. The van der Waals surface area contributed by atoms with E-state index in [0.717, 1.165) is 16.0 Å². The zero-order chi connectivity index (χ0) is 42.1. The van der Waals surface area contributed by atoms with Crippen LogP contribution in [0.5, 0.6) is 0 Å². The molecule has 0 spiro atoms. The topological polar surface area (TPSA) is 209 Å². The number of carbonyl (C=O) groups excluding carboxylic acids is 4. The molecular formula is C42H51N5O10. The number of esters is 1. The largest absolute Gasteiger partial charge is 0.479 e. The van der Waals surface area contributed by atoms with E-state index in [-0.39, 0.29) is 25.5 Å². The third-order valence-corrected chi connectivity index (χ3v) is 8.22. The van der Waals surface area contributed by atoms with Gasteiger partial charge in [-0.15, -0.1) is 0 Å². The third kappa shape index (κ3) is 12.7. The van der Waals surface area contributed by atoms with Gasteiger partial charge in [0.2, 0.25) is 0 Å². The van der Waals surface area contributed by atoms with Gasteiger partial charge in [-0.1, -0.05) is 30.3 Å². The van der Waals surface area contributed by atoms with Crippen molar-refractivity contribution in [2.45, 2.75) is 91.5 Å². The molecule has 0 bridgehead atoms. The number of hydrogen-bond donors (Lipinski definition) is 4. The number of aliphatic carboxylic acids is 1. The predicted octanol–water partition coefficient (Wildman–Crippen LogP) is 8.20. The highest BCUT2D eigenvalue weighted by atomic mass is 16.6. The lowest BCUT2D eigenvalue weighted by atomic mass is 9.98. The zero-order valence-corrected chi connectivity index (χ0v) is 33.5. The van der Waals surface area contributed by atoms with E-state index in [4.69, 9.17) is 24.7 Å². The number of amides is 3. The Balaban J connectivity index is 1.44. The number of benzene rings is 3. The summed E-state index contributed by atoms with van der Waals surface area (Å²) in [7, 11) is 0. The lowest BCUT2D eigenvalue weighted by Crippen LogP contribution is -2.44. The predicted molar refractivity (Wildman–Crippen MR) is 215 cm³/mol. The molecule has 15 heteroatoms. The van der Waals surface area contributed by atoms with Gasteiger partial charge in [-0.05, 0) is 119 Å². The van der Waals surface area contributed by atoms with Gasteiger partial charge in [-0.25, -0.2) is 24.2 Å². The summed E-state index contributed by atoms with van der Waals surface area (Å²) in [6.45, 7) is 13.9. The second kappa shape index (κ2) is 18.6. The van der Waals surface area contributed by atoms with Gasteiger partial charge in [0.1, 0.15) is 11.2 Å². The van der Waals surface area contributed by atoms with Gasteiger partial charge in [0.05, 0.1) is 19.6 Å². The molecular weight excluding hydrogens is 734 g/mol. The monoisotopic (exact) mass is 785 g/mol. The summed E-state index contributed by atoms with van der Waals surface area (Å²) < 4.78 is 21.4. The Morgan fingerprint density at radius 3 is 2.14 bits per heavy atom. The molecule has 3 aromatic carbocycles.